The first-order valence-electron chi connectivity index (χ1n) is 8.76. The molecule has 0 heterocycles. The molecule has 2 aliphatic rings. The molecule has 25 heavy (non-hydrogen) atoms. The van der Waals surface area contributed by atoms with E-state index in [9.17, 15) is 4.79 Å². The summed E-state index contributed by atoms with van der Waals surface area (Å²) in [5, 5.41) is 0.708. The lowest BCUT2D eigenvalue weighted by Gasteiger charge is -2.24. The zero-order valence-electron chi connectivity index (χ0n) is 14.4. The molecule has 2 aliphatic carbocycles. The first kappa shape index (κ1) is 16.5. The average Bonchev–Trinajstić information content (AvgIpc) is 3.54. The molecule has 1 amide bonds. The van der Waals surface area contributed by atoms with E-state index >= 15 is 0 Å². The van der Waals surface area contributed by atoms with E-state index in [2.05, 4.69) is 0 Å². The molecule has 0 saturated heterocycles. The number of amides is 1. The molecule has 2 aromatic carbocycles. The summed E-state index contributed by atoms with van der Waals surface area (Å²) < 4.78 is 5.22. The standard InChI is InChI=1S/C21H22ClNO2/c1-25-18-7-5-15(6-8-18)13-23(14-16-3-2-4-17(22)11-16)20(24)19-12-21(19)9-10-21/h2-8,11,19H,9-10,12-14H2,1H3/t19-/m0/s1. The van der Waals surface area contributed by atoms with Crippen LogP contribution in [0.25, 0.3) is 0 Å². The second kappa shape index (κ2) is 6.38. The molecule has 4 rings (SSSR count). The summed E-state index contributed by atoms with van der Waals surface area (Å²) in [5.41, 5.74) is 2.55. The van der Waals surface area contributed by atoms with E-state index in [1.54, 1.807) is 7.11 Å². The number of hydrogen-bond acceptors (Lipinski definition) is 2. The van der Waals surface area contributed by atoms with E-state index in [-0.39, 0.29) is 11.8 Å². The minimum Gasteiger partial charge on any atom is -0.497 e. The van der Waals surface area contributed by atoms with Crippen LogP contribution in [0.2, 0.25) is 5.02 Å². The monoisotopic (exact) mass is 355 g/mol. The average molecular weight is 356 g/mol. The van der Waals surface area contributed by atoms with Crippen LogP contribution in [-0.2, 0) is 17.9 Å². The van der Waals surface area contributed by atoms with Crippen molar-refractivity contribution >= 4 is 17.5 Å². The van der Waals surface area contributed by atoms with Gasteiger partial charge in [-0.1, -0.05) is 35.9 Å². The first-order valence-corrected chi connectivity index (χ1v) is 9.14. The Hall–Kier alpha value is -2.00. The number of carbonyl (C=O) groups excluding carboxylic acids is 1. The molecule has 0 radical (unpaired) electrons. The van der Waals surface area contributed by atoms with E-state index in [0.717, 1.165) is 23.3 Å². The number of rotatable bonds is 6. The summed E-state index contributed by atoms with van der Waals surface area (Å²) in [4.78, 5) is 15.0. The quantitative estimate of drug-likeness (QED) is 0.753. The van der Waals surface area contributed by atoms with Crippen LogP contribution in [0.1, 0.15) is 30.4 Å². The van der Waals surface area contributed by atoms with Gasteiger partial charge in [-0.15, -0.1) is 0 Å². The van der Waals surface area contributed by atoms with Crippen molar-refractivity contribution < 1.29 is 9.53 Å². The van der Waals surface area contributed by atoms with Crippen LogP contribution in [0.4, 0.5) is 0 Å². The summed E-state index contributed by atoms with van der Waals surface area (Å²) in [5.74, 6) is 1.34. The zero-order chi connectivity index (χ0) is 17.4. The van der Waals surface area contributed by atoms with E-state index < -0.39 is 0 Å². The van der Waals surface area contributed by atoms with Crippen molar-refractivity contribution in [2.24, 2.45) is 11.3 Å². The molecule has 0 aliphatic heterocycles. The second-order valence-corrected chi connectivity index (χ2v) is 7.73. The van der Waals surface area contributed by atoms with E-state index in [0.29, 0.717) is 23.5 Å². The van der Waals surface area contributed by atoms with Gasteiger partial charge >= 0.3 is 0 Å². The SMILES string of the molecule is COc1ccc(CN(Cc2cccc(Cl)c2)C(=O)[C@@H]2CC23CC3)cc1. The summed E-state index contributed by atoms with van der Waals surface area (Å²) in [7, 11) is 1.66. The lowest BCUT2D eigenvalue weighted by molar-refractivity contribution is -0.134. The highest BCUT2D eigenvalue weighted by Crippen LogP contribution is 2.71. The van der Waals surface area contributed by atoms with Crippen molar-refractivity contribution in [2.45, 2.75) is 32.4 Å². The summed E-state index contributed by atoms with van der Waals surface area (Å²) in [6.07, 6.45) is 3.51. The van der Waals surface area contributed by atoms with Crippen LogP contribution in [0, 0.1) is 11.3 Å². The topological polar surface area (TPSA) is 29.5 Å². The third kappa shape index (κ3) is 3.52. The Morgan fingerprint density at radius 2 is 1.88 bits per heavy atom. The maximum Gasteiger partial charge on any atom is 0.226 e. The fraction of sp³-hybridized carbons (Fsp3) is 0.381. The molecule has 1 spiro atoms. The Balaban J connectivity index is 1.52. The summed E-state index contributed by atoms with van der Waals surface area (Å²) >= 11 is 6.11. The van der Waals surface area contributed by atoms with Gasteiger partial charge in [-0.25, -0.2) is 0 Å². The van der Waals surface area contributed by atoms with Crippen molar-refractivity contribution in [3.63, 3.8) is 0 Å². The van der Waals surface area contributed by atoms with Crippen LogP contribution >= 0.6 is 11.6 Å². The normalized spacial score (nSPS) is 19.5. The first-order chi connectivity index (χ1) is 12.1. The summed E-state index contributed by atoms with van der Waals surface area (Å²) in [6.45, 7) is 1.21. The Labute approximate surface area is 153 Å². The lowest BCUT2D eigenvalue weighted by Crippen LogP contribution is -2.32. The van der Waals surface area contributed by atoms with Crippen molar-refractivity contribution in [3.05, 3.63) is 64.7 Å². The lowest BCUT2D eigenvalue weighted by atomic mass is 10.1. The zero-order valence-corrected chi connectivity index (χ0v) is 15.1. The van der Waals surface area contributed by atoms with Crippen LogP contribution in [-0.4, -0.2) is 17.9 Å². The molecular weight excluding hydrogens is 334 g/mol. The molecule has 4 heteroatoms. The molecule has 2 aromatic rings. The Morgan fingerprint density at radius 3 is 2.48 bits per heavy atom. The highest BCUT2D eigenvalue weighted by Gasteiger charge is 2.66. The molecule has 0 N–H and O–H groups in total. The fourth-order valence-electron chi connectivity index (χ4n) is 3.65. The number of nitrogens with zero attached hydrogens (tertiary/aromatic N) is 1. The van der Waals surface area contributed by atoms with Crippen molar-refractivity contribution in [1.29, 1.82) is 0 Å². The molecule has 2 fully saturated rings. The number of carbonyl (C=O) groups is 1. The van der Waals surface area contributed by atoms with E-state index in [1.165, 1.54) is 12.8 Å². The predicted octanol–water partition coefficient (Wildman–Crippen LogP) is 4.68. The Morgan fingerprint density at radius 1 is 1.16 bits per heavy atom. The highest BCUT2D eigenvalue weighted by atomic mass is 35.5. The molecule has 130 valence electrons. The highest BCUT2D eigenvalue weighted by molar-refractivity contribution is 6.30. The molecule has 1 atom stereocenters. The maximum atomic E-state index is 13.0. The van der Waals surface area contributed by atoms with Crippen LogP contribution in [0.3, 0.4) is 0 Å². The molecule has 0 bridgehead atoms. The minimum atomic E-state index is 0.227. The van der Waals surface area contributed by atoms with Gasteiger partial charge in [0.25, 0.3) is 0 Å². The third-order valence-electron chi connectivity index (χ3n) is 5.49. The number of hydrogen-bond donors (Lipinski definition) is 0. The van der Waals surface area contributed by atoms with Gasteiger partial charge in [0, 0.05) is 24.0 Å². The predicted molar refractivity (Wildman–Crippen MR) is 98.5 cm³/mol. The largest absolute Gasteiger partial charge is 0.497 e. The molecule has 2 saturated carbocycles. The smallest absolute Gasteiger partial charge is 0.226 e. The number of benzene rings is 2. The molecule has 3 nitrogen and oxygen atoms in total. The Bertz CT molecular complexity index is 783. The molecule has 0 unspecified atom stereocenters. The van der Waals surface area contributed by atoms with Crippen LogP contribution in [0.5, 0.6) is 5.75 Å². The van der Waals surface area contributed by atoms with Gasteiger partial charge in [-0.05, 0) is 60.1 Å². The number of methoxy groups -OCH3 is 1. The minimum absolute atomic E-state index is 0.227. The van der Waals surface area contributed by atoms with Gasteiger partial charge in [-0.2, -0.15) is 0 Å². The van der Waals surface area contributed by atoms with Gasteiger partial charge in [0.15, 0.2) is 0 Å². The van der Waals surface area contributed by atoms with Crippen molar-refractivity contribution in [3.8, 4) is 5.75 Å². The number of halogens is 1. The maximum absolute atomic E-state index is 13.0. The van der Waals surface area contributed by atoms with Crippen molar-refractivity contribution in [1.82, 2.24) is 4.90 Å². The molecular formula is C21H22ClNO2. The Kier molecular flexibility index (Phi) is 4.20. The second-order valence-electron chi connectivity index (χ2n) is 7.29. The van der Waals surface area contributed by atoms with Gasteiger partial charge in [0.2, 0.25) is 5.91 Å². The fourth-order valence-corrected chi connectivity index (χ4v) is 3.86. The van der Waals surface area contributed by atoms with Gasteiger partial charge in [0.05, 0.1) is 7.11 Å². The van der Waals surface area contributed by atoms with Gasteiger partial charge in [-0.3, -0.25) is 4.79 Å². The van der Waals surface area contributed by atoms with Gasteiger partial charge in [0.1, 0.15) is 5.75 Å². The van der Waals surface area contributed by atoms with Crippen LogP contribution in [0.15, 0.2) is 48.5 Å². The van der Waals surface area contributed by atoms with E-state index in [1.807, 2.05) is 53.4 Å². The van der Waals surface area contributed by atoms with E-state index in [4.69, 9.17) is 16.3 Å². The number of ether oxygens (including phenoxy) is 1. The van der Waals surface area contributed by atoms with Crippen molar-refractivity contribution in [2.75, 3.05) is 7.11 Å². The molecule has 0 aromatic heterocycles. The van der Waals surface area contributed by atoms with Gasteiger partial charge < -0.3 is 9.64 Å². The van der Waals surface area contributed by atoms with Crippen LogP contribution < -0.4 is 4.74 Å². The summed E-state index contributed by atoms with van der Waals surface area (Å²) in [6, 6.07) is 15.7. The third-order valence-corrected chi connectivity index (χ3v) is 5.72.